The summed E-state index contributed by atoms with van der Waals surface area (Å²) in [6.07, 6.45) is -0.912. The summed E-state index contributed by atoms with van der Waals surface area (Å²) >= 11 is 0. The number of hydrogen-bond donors (Lipinski definition) is 1. The number of hydrogen-bond acceptors (Lipinski definition) is 4. The van der Waals surface area contributed by atoms with E-state index in [0.29, 0.717) is 11.3 Å². The van der Waals surface area contributed by atoms with Gasteiger partial charge in [-0.1, -0.05) is 19.1 Å². The molecule has 0 saturated heterocycles. The minimum absolute atomic E-state index is 0.264. The Labute approximate surface area is 129 Å². The molecule has 1 atom stereocenters. The summed E-state index contributed by atoms with van der Waals surface area (Å²) < 4.78 is 10.1. The topological polar surface area (TPSA) is 85.2 Å². The van der Waals surface area contributed by atoms with E-state index in [2.05, 4.69) is 4.99 Å². The quantitative estimate of drug-likeness (QED) is 0.863. The van der Waals surface area contributed by atoms with E-state index in [1.807, 2.05) is 0 Å². The van der Waals surface area contributed by atoms with E-state index in [0.717, 1.165) is 0 Å². The Balaban J connectivity index is 3.03. The predicted molar refractivity (Wildman–Crippen MR) is 82.7 cm³/mol. The van der Waals surface area contributed by atoms with Gasteiger partial charge in [-0.2, -0.15) is 4.99 Å². The number of carbonyl (C=O) groups is 2. The van der Waals surface area contributed by atoms with E-state index in [9.17, 15) is 14.7 Å². The van der Waals surface area contributed by atoms with E-state index >= 15 is 0 Å². The van der Waals surface area contributed by atoms with Crippen molar-refractivity contribution >= 4 is 17.8 Å². The Kier molecular flexibility index (Phi) is 5.68. The lowest BCUT2D eigenvalue weighted by molar-refractivity contribution is -0.129. The maximum Gasteiger partial charge on any atom is 0.434 e. The molecular formula is C16H21NO5. The van der Waals surface area contributed by atoms with Crippen LogP contribution in [0, 0.1) is 0 Å². The van der Waals surface area contributed by atoms with Crippen LogP contribution in [0.3, 0.4) is 0 Å². The number of carboxylic acids is 1. The smallest absolute Gasteiger partial charge is 0.434 e. The summed E-state index contributed by atoms with van der Waals surface area (Å²) in [5, 5.41) is 9.29. The summed E-state index contributed by atoms with van der Waals surface area (Å²) in [6.45, 7) is 6.73. The monoisotopic (exact) mass is 307 g/mol. The molecule has 0 heterocycles. The van der Waals surface area contributed by atoms with Crippen molar-refractivity contribution in [3.05, 3.63) is 29.8 Å². The Bertz CT molecular complexity index is 569. The van der Waals surface area contributed by atoms with Crippen molar-refractivity contribution in [2.75, 3.05) is 7.11 Å². The van der Waals surface area contributed by atoms with Gasteiger partial charge in [0, 0.05) is 5.92 Å². The molecule has 1 N–H and O–H groups in total. The number of ether oxygens (including phenoxy) is 2. The van der Waals surface area contributed by atoms with Gasteiger partial charge in [0.1, 0.15) is 17.1 Å². The number of methoxy groups -OCH3 is 1. The van der Waals surface area contributed by atoms with Crippen LogP contribution in [0.4, 0.5) is 4.79 Å². The molecule has 6 nitrogen and oxygen atoms in total. The summed E-state index contributed by atoms with van der Waals surface area (Å²) in [5.74, 6) is -1.15. The molecule has 0 aliphatic rings. The first kappa shape index (κ1) is 17.7. The Morgan fingerprint density at radius 3 is 2.14 bits per heavy atom. The van der Waals surface area contributed by atoms with Crippen LogP contribution < -0.4 is 4.74 Å². The third-order valence-corrected chi connectivity index (χ3v) is 2.85. The van der Waals surface area contributed by atoms with Gasteiger partial charge < -0.3 is 14.6 Å². The molecule has 0 radical (unpaired) electrons. The van der Waals surface area contributed by atoms with Crippen molar-refractivity contribution in [1.29, 1.82) is 0 Å². The molecule has 0 unspecified atom stereocenters. The zero-order valence-electron chi connectivity index (χ0n) is 13.4. The molecule has 0 aliphatic heterocycles. The Hall–Kier alpha value is -2.37. The second kappa shape index (κ2) is 7.06. The largest absolute Gasteiger partial charge is 0.497 e. The Morgan fingerprint density at radius 1 is 1.18 bits per heavy atom. The minimum Gasteiger partial charge on any atom is -0.497 e. The van der Waals surface area contributed by atoms with Gasteiger partial charge in [-0.3, -0.25) is 0 Å². The van der Waals surface area contributed by atoms with Crippen molar-refractivity contribution in [1.82, 2.24) is 0 Å². The maximum atomic E-state index is 11.7. The van der Waals surface area contributed by atoms with Crippen molar-refractivity contribution < 1.29 is 24.2 Å². The first-order chi connectivity index (χ1) is 10.1. The van der Waals surface area contributed by atoms with Crippen molar-refractivity contribution in [2.24, 2.45) is 4.99 Å². The molecule has 22 heavy (non-hydrogen) atoms. The molecule has 1 rings (SSSR count). The van der Waals surface area contributed by atoms with Crippen LogP contribution in [-0.4, -0.2) is 35.6 Å². The van der Waals surface area contributed by atoms with Gasteiger partial charge in [0.05, 0.1) is 7.11 Å². The normalized spacial score (nSPS) is 13.4. The number of nitrogens with zero attached hydrogens (tertiary/aromatic N) is 1. The maximum absolute atomic E-state index is 11.7. The number of rotatable bonds is 4. The molecule has 0 saturated carbocycles. The van der Waals surface area contributed by atoms with Crippen molar-refractivity contribution in [3.63, 3.8) is 0 Å². The van der Waals surface area contributed by atoms with Gasteiger partial charge in [0.15, 0.2) is 0 Å². The molecule has 0 aromatic heterocycles. The van der Waals surface area contributed by atoms with Crippen LogP contribution in [0.2, 0.25) is 0 Å². The molecule has 0 aliphatic carbocycles. The van der Waals surface area contributed by atoms with Crippen LogP contribution in [0.1, 0.15) is 39.2 Å². The highest BCUT2D eigenvalue weighted by molar-refractivity contribution is 6.39. The summed E-state index contributed by atoms with van der Waals surface area (Å²) in [6, 6.07) is 6.91. The first-order valence-electron chi connectivity index (χ1n) is 6.83. The molecule has 120 valence electrons. The van der Waals surface area contributed by atoms with Crippen LogP contribution in [0.15, 0.2) is 29.3 Å². The van der Waals surface area contributed by atoms with Gasteiger partial charge in [-0.05, 0) is 38.5 Å². The number of aliphatic carboxylic acids is 1. The second-order valence-corrected chi connectivity index (χ2v) is 5.78. The number of carboxylic acid groups (broad SMARTS) is 1. The van der Waals surface area contributed by atoms with Crippen molar-refractivity contribution in [2.45, 2.75) is 39.2 Å². The Morgan fingerprint density at radius 2 is 1.73 bits per heavy atom. The molecular weight excluding hydrogens is 286 g/mol. The highest BCUT2D eigenvalue weighted by atomic mass is 16.6. The lowest BCUT2D eigenvalue weighted by Gasteiger charge is -2.18. The predicted octanol–water partition coefficient (Wildman–Crippen LogP) is 3.26. The SMILES string of the molecule is COc1ccc([C@H](C)C(=NC(=O)OC(C)(C)C)C(=O)O)cc1. The lowest BCUT2D eigenvalue weighted by atomic mass is 9.96. The van der Waals surface area contributed by atoms with Crippen LogP contribution >= 0.6 is 0 Å². The lowest BCUT2D eigenvalue weighted by Crippen LogP contribution is -2.26. The molecule has 0 bridgehead atoms. The van der Waals surface area contributed by atoms with E-state index in [1.165, 1.54) is 0 Å². The average Bonchev–Trinajstić information content (AvgIpc) is 2.42. The fraction of sp³-hybridized carbons (Fsp3) is 0.438. The third kappa shape index (κ3) is 5.20. The molecule has 0 fully saturated rings. The van der Waals surface area contributed by atoms with Gasteiger partial charge in [0.2, 0.25) is 0 Å². The number of benzene rings is 1. The second-order valence-electron chi connectivity index (χ2n) is 5.78. The highest BCUT2D eigenvalue weighted by Crippen LogP contribution is 2.21. The highest BCUT2D eigenvalue weighted by Gasteiger charge is 2.24. The summed E-state index contributed by atoms with van der Waals surface area (Å²) in [4.78, 5) is 26.7. The van der Waals surface area contributed by atoms with E-state index in [4.69, 9.17) is 9.47 Å². The van der Waals surface area contributed by atoms with Crippen molar-refractivity contribution in [3.8, 4) is 5.75 Å². The van der Waals surface area contributed by atoms with E-state index in [1.54, 1.807) is 59.1 Å². The summed E-state index contributed by atoms with van der Waals surface area (Å²) in [5.41, 5.74) is -0.280. The van der Waals surface area contributed by atoms with Gasteiger partial charge in [0.25, 0.3) is 0 Å². The molecule has 6 heteroatoms. The van der Waals surface area contributed by atoms with Crippen LogP contribution in [0.5, 0.6) is 5.75 Å². The van der Waals surface area contributed by atoms with Gasteiger partial charge in [-0.25, -0.2) is 9.59 Å². The number of amides is 1. The summed E-state index contributed by atoms with van der Waals surface area (Å²) in [7, 11) is 1.55. The third-order valence-electron chi connectivity index (χ3n) is 2.85. The van der Waals surface area contributed by atoms with Gasteiger partial charge >= 0.3 is 12.1 Å². The molecule has 0 spiro atoms. The van der Waals surface area contributed by atoms with Gasteiger partial charge in [-0.15, -0.1) is 0 Å². The number of aliphatic imine (C=N–C) groups is 1. The minimum atomic E-state index is -1.26. The van der Waals surface area contributed by atoms with E-state index in [-0.39, 0.29) is 5.71 Å². The molecule has 1 aromatic rings. The molecule has 1 amide bonds. The zero-order valence-corrected chi connectivity index (χ0v) is 13.4. The fourth-order valence-corrected chi connectivity index (χ4v) is 1.76. The van der Waals surface area contributed by atoms with E-state index < -0.39 is 23.6 Å². The number of carbonyl (C=O) groups excluding carboxylic acids is 1. The van der Waals surface area contributed by atoms with Crippen LogP contribution in [0.25, 0.3) is 0 Å². The first-order valence-corrected chi connectivity index (χ1v) is 6.83. The zero-order chi connectivity index (χ0) is 16.9. The van der Waals surface area contributed by atoms with Crippen LogP contribution in [-0.2, 0) is 9.53 Å². The average molecular weight is 307 g/mol. The fourth-order valence-electron chi connectivity index (χ4n) is 1.76. The molecule has 1 aromatic carbocycles. The standard InChI is InChI=1S/C16H21NO5/c1-10(11-6-8-12(21-5)9-7-11)13(14(18)19)17-15(20)22-16(2,3)4/h6-10H,1-5H3,(H,18,19)/t10-/m0/s1.